The van der Waals surface area contributed by atoms with Crippen LogP contribution >= 0.6 is 43.2 Å². The Morgan fingerprint density at radius 3 is 2.60 bits per heavy atom. The zero-order valence-electron chi connectivity index (χ0n) is 17.0. The second-order valence-electron chi connectivity index (χ2n) is 7.80. The largest absolute Gasteiger partial charge is 0.481 e. The summed E-state index contributed by atoms with van der Waals surface area (Å²) in [6, 6.07) is 0. The average molecular weight is 566 g/mol. The first-order valence-electron chi connectivity index (χ1n) is 10.2. The summed E-state index contributed by atoms with van der Waals surface area (Å²) in [5.74, 6) is -1.11. The lowest BCUT2D eigenvalue weighted by atomic mass is 9.89. The molecular formula is C22H30Br2O5S. The van der Waals surface area contributed by atoms with Gasteiger partial charge in [0.25, 0.3) is 0 Å². The number of aryl methyl sites for hydroxylation is 2. The molecule has 5 unspecified atom stereocenters. The first-order chi connectivity index (χ1) is 14.2. The maximum Gasteiger partial charge on any atom is 0.303 e. The zero-order chi connectivity index (χ0) is 22.3. The highest BCUT2D eigenvalue weighted by Crippen LogP contribution is 2.38. The summed E-state index contributed by atoms with van der Waals surface area (Å²) in [6.07, 6.45) is 9.36. The molecule has 168 valence electrons. The molecule has 30 heavy (non-hydrogen) atoms. The molecule has 0 aromatic carbocycles. The van der Waals surface area contributed by atoms with E-state index in [0.29, 0.717) is 32.1 Å². The third-order valence-electron chi connectivity index (χ3n) is 5.50. The van der Waals surface area contributed by atoms with Crippen molar-refractivity contribution in [1.29, 1.82) is 0 Å². The summed E-state index contributed by atoms with van der Waals surface area (Å²) in [5, 5.41) is 39.7. The third-order valence-corrected chi connectivity index (χ3v) is 9.59. The Bertz CT molecular complexity index is 761. The van der Waals surface area contributed by atoms with Gasteiger partial charge in [-0.25, -0.2) is 0 Å². The van der Waals surface area contributed by atoms with E-state index in [1.54, 1.807) is 17.4 Å². The molecule has 1 heterocycles. The molecule has 0 aliphatic heterocycles. The molecule has 1 fully saturated rings. The highest BCUT2D eigenvalue weighted by Gasteiger charge is 2.39. The van der Waals surface area contributed by atoms with Crippen molar-refractivity contribution in [2.24, 2.45) is 11.8 Å². The van der Waals surface area contributed by atoms with Crippen molar-refractivity contribution in [3.05, 3.63) is 43.0 Å². The van der Waals surface area contributed by atoms with Gasteiger partial charge in [-0.05, 0) is 76.8 Å². The fraction of sp³-hybridized carbons (Fsp3) is 0.591. The molecule has 0 amide bonds. The Hall–Kier alpha value is -0.510. The SMILES string of the molecule is Cc1sc(CCC(O)/C=C/C2C(O)CC(O)C2C/C=C/CCCC(=O)O)c(Br)c1Br. The molecule has 2 rings (SSSR count). The maximum atomic E-state index is 10.5. The van der Waals surface area contributed by atoms with Crippen LogP contribution in [-0.4, -0.2) is 44.7 Å². The van der Waals surface area contributed by atoms with Crippen molar-refractivity contribution in [1.82, 2.24) is 0 Å². The van der Waals surface area contributed by atoms with Gasteiger partial charge in [0.1, 0.15) is 0 Å². The highest BCUT2D eigenvalue weighted by molar-refractivity contribution is 9.13. The Morgan fingerprint density at radius 1 is 1.23 bits per heavy atom. The number of allylic oxidation sites excluding steroid dienone is 2. The minimum atomic E-state index is -0.796. The molecule has 0 spiro atoms. The van der Waals surface area contributed by atoms with Crippen molar-refractivity contribution in [2.45, 2.75) is 70.2 Å². The Labute approximate surface area is 198 Å². The summed E-state index contributed by atoms with van der Waals surface area (Å²) >= 11 is 8.83. The first kappa shape index (κ1) is 25.7. The summed E-state index contributed by atoms with van der Waals surface area (Å²) in [7, 11) is 0. The minimum Gasteiger partial charge on any atom is -0.481 e. The van der Waals surface area contributed by atoms with Gasteiger partial charge in [0, 0.05) is 37.5 Å². The number of aliphatic hydroxyl groups is 3. The number of aliphatic hydroxyl groups excluding tert-OH is 3. The molecule has 8 heteroatoms. The minimum absolute atomic E-state index is 0.107. The topological polar surface area (TPSA) is 98.0 Å². The molecule has 1 aliphatic rings. The second kappa shape index (κ2) is 12.5. The smallest absolute Gasteiger partial charge is 0.303 e. The molecule has 0 bridgehead atoms. The Morgan fingerprint density at radius 2 is 1.97 bits per heavy atom. The molecule has 1 aromatic rings. The monoisotopic (exact) mass is 564 g/mol. The number of thiophene rings is 1. The highest BCUT2D eigenvalue weighted by atomic mass is 79.9. The lowest BCUT2D eigenvalue weighted by Gasteiger charge is -2.19. The van der Waals surface area contributed by atoms with E-state index >= 15 is 0 Å². The van der Waals surface area contributed by atoms with Crippen LogP contribution in [0.15, 0.2) is 33.2 Å². The molecule has 5 atom stereocenters. The summed E-state index contributed by atoms with van der Waals surface area (Å²) in [6.45, 7) is 2.05. The van der Waals surface area contributed by atoms with Crippen molar-refractivity contribution in [3.63, 3.8) is 0 Å². The van der Waals surface area contributed by atoms with Gasteiger partial charge in [-0.15, -0.1) is 11.3 Å². The molecule has 0 radical (unpaired) electrons. The van der Waals surface area contributed by atoms with Gasteiger partial charge >= 0.3 is 5.97 Å². The van der Waals surface area contributed by atoms with Gasteiger partial charge in [-0.3, -0.25) is 4.79 Å². The molecule has 1 aliphatic carbocycles. The van der Waals surface area contributed by atoms with E-state index in [4.69, 9.17) is 5.11 Å². The van der Waals surface area contributed by atoms with E-state index in [1.807, 2.05) is 25.2 Å². The summed E-state index contributed by atoms with van der Waals surface area (Å²) < 4.78 is 2.11. The summed E-state index contributed by atoms with van der Waals surface area (Å²) in [4.78, 5) is 12.9. The van der Waals surface area contributed by atoms with Crippen LogP contribution in [0.3, 0.4) is 0 Å². The van der Waals surface area contributed by atoms with E-state index < -0.39 is 24.3 Å². The molecule has 0 saturated heterocycles. The van der Waals surface area contributed by atoms with Crippen LogP contribution in [0.2, 0.25) is 0 Å². The number of rotatable bonds is 11. The van der Waals surface area contributed by atoms with Crippen LogP contribution in [0.5, 0.6) is 0 Å². The predicted molar refractivity (Wildman–Crippen MR) is 127 cm³/mol. The number of carboxylic acid groups (broad SMARTS) is 1. The number of carboxylic acids is 1. The Kier molecular flexibility index (Phi) is 10.7. The number of halogens is 2. The number of hydrogen-bond acceptors (Lipinski definition) is 5. The van der Waals surface area contributed by atoms with Crippen molar-refractivity contribution in [3.8, 4) is 0 Å². The molecule has 1 aromatic heterocycles. The number of unbranched alkanes of at least 4 members (excludes halogenated alkanes) is 1. The van der Waals surface area contributed by atoms with Gasteiger partial charge in [0.2, 0.25) is 0 Å². The van der Waals surface area contributed by atoms with E-state index in [1.165, 1.54) is 9.75 Å². The lowest BCUT2D eigenvalue weighted by molar-refractivity contribution is -0.137. The quantitative estimate of drug-likeness (QED) is 0.224. The van der Waals surface area contributed by atoms with E-state index in [9.17, 15) is 20.1 Å². The number of carbonyl (C=O) groups is 1. The molecular weight excluding hydrogens is 536 g/mol. The van der Waals surface area contributed by atoms with Crippen LogP contribution in [0.4, 0.5) is 0 Å². The molecule has 5 nitrogen and oxygen atoms in total. The van der Waals surface area contributed by atoms with Crippen LogP contribution in [-0.2, 0) is 11.2 Å². The van der Waals surface area contributed by atoms with Crippen LogP contribution in [0.1, 0.15) is 48.3 Å². The van der Waals surface area contributed by atoms with Crippen LogP contribution in [0.25, 0.3) is 0 Å². The van der Waals surface area contributed by atoms with Gasteiger partial charge in [0.05, 0.1) is 18.3 Å². The van der Waals surface area contributed by atoms with Crippen molar-refractivity contribution < 1.29 is 25.2 Å². The average Bonchev–Trinajstić information content (AvgIpc) is 3.09. The lowest BCUT2D eigenvalue weighted by Crippen LogP contribution is -2.20. The Balaban J connectivity index is 1.86. The molecule has 1 saturated carbocycles. The number of aliphatic carboxylic acids is 1. The fourth-order valence-corrected chi connectivity index (χ4v) is 6.25. The fourth-order valence-electron chi connectivity index (χ4n) is 3.79. The zero-order valence-corrected chi connectivity index (χ0v) is 21.0. The van der Waals surface area contributed by atoms with E-state index in [-0.39, 0.29) is 18.3 Å². The van der Waals surface area contributed by atoms with Crippen molar-refractivity contribution in [2.75, 3.05) is 0 Å². The van der Waals surface area contributed by atoms with Gasteiger partial charge in [-0.1, -0.05) is 24.3 Å². The van der Waals surface area contributed by atoms with Gasteiger partial charge in [0.15, 0.2) is 0 Å². The van der Waals surface area contributed by atoms with Crippen molar-refractivity contribution >= 4 is 49.2 Å². The summed E-state index contributed by atoms with van der Waals surface area (Å²) in [5.41, 5.74) is 0. The third kappa shape index (κ3) is 7.57. The van der Waals surface area contributed by atoms with Gasteiger partial charge in [-0.2, -0.15) is 0 Å². The maximum absolute atomic E-state index is 10.5. The van der Waals surface area contributed by atoms with E-state index in [2.05, 4.69) is 31.9 Å². The van der Waals surface area contributed by atoms with Gasteiger partial charge < -0.3 is 20.4 Å². The van der Waals surface area contributed by atoms with Crippen LogP contribution < -0.4 is 0 Å². The number of hydrogen-bond donors (Lipinski definition) is 4. The first-order valence-corrected chi connectivity index (χ1v) is 12.6. The van der Waals surface area contributed by atoms with E-state index in [0.717, 1.165) is 15.4 Å². The second-order valence-corrected chi connectivity index (χ2v) is 10.7. The normalized spacial score (nSPS) is 25.5. The predicted octanol–water partition coefficient (Wildman–Crippen LogP) is 4.99. The standard InChI is InChI=1S/C22H30Br2O5S/c1-13-21(23)22(24)19(30-13)11-9-14(25)8-10-16-15(17(26)12-18(16)27)6-4-2-3-5-7-20(28)29/h2,4,8,10,14-18,25-27H,3,5-7,9,11-12H2,1H3,(H,28,29)/b4-2+,10-8+. The molecule has 4 N–H and O–H groups in total. The van der Waals surface area contributed by atoms with Crippen LogP contribution in [0, 0.1) is 18.8 Å².